The van der Waals surface area contributed by atoms with Gasteiger partial charge in [0.15, 0.2) is 0 Å². The summed E-state index contributed by atoms with van der Waals surface area (Å²) in [5.74, 6) is 0. The Bertz CT molecular complexity index is 959. The Morgan fingerprint density at radius 3 is 2.84 bits per heavy atom. The molecule has 2 unspecified atom stereocenters. The van der Waals surface area contributed by atoms with Crippen molar-refractivity contribution in [2.75, 3.05) is 4.90 Å². The lowest BCUT2D eigenvalue weighted by Gasteiger charge is -2.40. The van der Waals surface area contributed by atoms with Crippen LogP contribution in [0.15, 0.2) is 42.9 Å². The number of nitrogens with zero attached hydrogens (tertiary/aromatic N) is 3. The number of nitrogens with one attached hydrogen (secondary N) is 1. The summed E-state index contributed by atoms with van der Waals surface area (Å²) < 4.78 is 0. The van der Waals surface area contributed by atoms with Crippen LogP contribution in [0.4, 0.5) is 5.69 Å². The Balaban J connectivity index is 1.76. The van der Waals surface area contributed by atoms with Crippen LogP contribution in [0.1, 0.15) is 31.5 Å². The molecule has 1 N–H and O–H groups in total. The largest absolute Gasteiger partial charge is 0.362 e. The minimum absolute atomic E-state index is 0.265. The number of halogens is 1. The molecule has 128 valence electrons. The lowest BCUT2D eigenvalue weighted by molar-refractivity contribution is 0.590. The summed E-state index contributed by atoms with van der Waals surface area (Å²) in [6.45, 7) is 6.58. The fourth-order valence-corrected chi connectivity index (χ4v) is 4.10. The van der Waals surface area contributed by atoms with Gasteiger partial charge in [0.05, 0.1) is 5.69 Å². The average molecular weight is 353 g/mol. The number of aryl methyl sites for hydroxylation is 1. The molecule has 3 heterocycles. The van der Waals surface area contributed by atoms with Crippen LogP contribution in [0.25, 0.3) is 16.6 Å². The first-order valence-corrected chi connectivity index (χ1v) is 8.96. The van der Waals surface area contributed by atoms with Crippen molar-refractivity contribution in [3.63, 3.8) is 0 Å². The molecule has 4 rings (SSSR count). The number of fused-ring (bicyclic) bond motifs is 1. The highest BCUT2D eigenvalue weighted by atomic mass is 35.5. The van der Waals surface area contributed by atoms with E-state index >= 15 is 0 Å². The molecule has 0 aliphatic carbocycles. The number of aromatic nitrogens is 3. The molecule has 0 fully saturated rings. The van der Waals surface area contributed by atoms with Crippen molar-refractivity contribution in [1.82, 2.24) is 15.0 Å². The Morgan fingerprint density at radius 1 is 1.24 bits per heavy atom. The summed E-state index contributed by atoms with van der Waals surface area (Å²) in [6, 6.07) is 8.70. The van der Waals surface area contributed by atoms with Gasteiger partial charge in [0.25, 0.3) is 0 Å². The molecule has 0 spiro atoms. The van der Waals surface area contributed by atoms with Crippen molar-refractivity contribution in [1.29, 1.82) is 0 Å². The third kappa shape index (κ3) is 2.81. The van der Waals surface area contributed by atoms with Gasteiger partial charge in [-0.25, -0.2) is 9.97 Å². The molecule has 0 amide bonds. The van der Waals surface area contributed by atoms with Crippen LogP contribution >= 0.6 is 11.6 Å². The molecule has 2 aromatic heterocycles. The number of H-pyrrole nitrogens is 1. The normalized spacial score (nSPS) is 20.8. The Labute approximate surface area is 152 Å². The zero-order valence-electron chi connectivity index (χ0n) is 14.6. The standard InChI is InChI=1S/C20H21ClN4/c1-12-10-22-20-18(12)19(23-11-24-20)15-7-13(2)25(14(3)8-15)17-6-4-5-16(21)9-17/h4-7,9-11,13-14H,8H2,1-3H3,(H,22,23,24). The summed E-state index contributed by atoms with van der Waals surface area (Å²) in [5.41, 5.74) is 5.58. The van der Waals surface area contributed by atoms with Gasteiger partial charge in [0, 0.05) is 34.4 Å². The van der Waals surface area contributed by atoms with Gasteiger partial charge in [0.1, 0.15) is 12.0 Å². The number of hydrogen-bond acceptors (Lipinski definition) is 3. The molecule has 0 saturated heterocycles. The molecule has 1 aliphatic rings. The quantitative estimate of drug-likeness (QED) is 0.706. The van der Waals surface area contributed by atoms with E-state index in [1.165, 1.54) is 11.1 Å². The van der Waals surface area contributed by atoms with Gasteiger partial charge in [-0.05, 0) is 56.5 Å². The van der Waals surface area contributed by atoms with E-state index in [9.17, 15) is 0 Å². The smallest absolute Gasteiger partial charge is 0.141 e. The summed E-state index contributed by atoms with van der Waals surface area (Å²) >= 11 is 6.19. The van der Waals surface area contributed by atoms with Gasteiger partial charge in [0.2, 0.25) is 0 Å². The molecular weight excluding hydrogens is 332 g/mol. The first-order valence-electron chi connectivity index (χ1n) is 8.58. The highest BCUT2D eigenvalue weighted by Crippen LogP contribution is 2.35. The van der Waals surface area contributed by atoms with E-state index in [-0.39, 0.29) is 6.04 Å². The first-order chi connectivity index (χ1) is 12.0. The zero-order valence-corrected chi connectivity index (χ0v) is 15.4. The second kappa shape index (κ2) is 6.19. The van der Waals surface area contributed by atoms with Gasteiger partial charge in [-0.3, -0.25) is 0 Å². The van der Waals surface area contributed by atoms with Crippen molar-refractivity contribution in [2.45, 2.75) is 39.3 Å². The van der Waals surface area contributed by atoms with Crippen molar-refractivity contribution in [3.8, 4) is 0 Å². The molecule has 4 nitrogen and oxygen atoms in total. The van der Waals surface area contributed by atoms with Gasteiger partial charge < -0.3 is 9.88 Å². The van der Waals surface area contributed by atoms with E-state index in [0.717, 1.165) is 33.9 Å². The SMILES string of the molecule is Cc1c[nH]c2ncnc(C3=CC(C)N(c4cccc(Cl)c4)C(C)C3)c12. The molecular formula is C20H21ClN4. The maximum atomic E-state index is 6.19. The Hall–Kier alpha value is -2.33. The van der Waals surface area contributed by atoms with Gasteiger partial charge in [-0.15, -0.1) is 0 Å². The van der Waals surface area contributed by atoms with E-state index < -0.39 is 0 Å². The summed E-state index contributed by atoms with van der Waals surface area (Å²) in [5, 5.41) is 1.90. The second-order valence-corrected chi connectivity index (χ2v) is 7.23. The molecule has 3 aromatic rings. The highest BCUT2D eigenvalue weighted by Gasteiger charge is 2.27. The molecule has 25 heavy (non-hydrogen) atoms. The molecule has 0 bridgehead atoms. The fraction of sp³-hybridized carbons (Fsp3) is 0.300. The highest BCUT2D eigenvalue weighted by molar-refractivity contribution is 6.30. The van der Waals surface area contributed by atoms with Crippen molar-refractivity contribution >= 4 is 33.9 Å². The maximum absolute atomic E-state index is 6.19. The second-order valence-electron chi connectivity index (χ2n) is 6.79. The zero-order chi connectivity index (χ0) is 17.6. The lowest BCUT2D eigenvalue weighted by Crippen LogP contribution is -2.42. The summed E-state index contributed by atoms with van der Waals surface area (Å²) in [6.07, 6.45) is 6.90. The predicted octanol–water partition coefficient (Wildman–Crippen LogP) is 4.99. The van der Waals surface area contributed by atoms with Gasteiger partial charge >= 0.3 is 0 Å². The van der Waals surface area contributed by atoms with Crippen molar-refractivity contribution in [2.24, 2.45) is 0 Å². The molecule has 1 aromatic carbocycles. The van der Waals surface area contributed by atoms with E-state index in [1.54, 1.807) is 6.33 Å². The third-order valence-electron chi connectivity index (χ3n) is 4.95. The van der Waals surface area contributed by atoms with Crippen LogP contribution in [0.3, 0.4) is 0 Å². The number of rotatable bonds is 2. The van der Waals surface area contributed by atoms with E-state index in [2.05, 4.69) is 52.8 Å². The number of benzene rings is 1. The van der Waals surface area contributed by atoms with Crippen LogP contribution in [0.5, 0.6) is 0 Å². The molecule has 0 radical (unpaired) electrons. The van der Waals surface area contributed by atoms with Crippen LogP contribution in [-0.4, -0.2) is 27.0 Å². The van der Waals surface area contributed by atoms with Crippen LogP contribution in [0.2, 0.25) is 5.02 Å². The van der Waals surface area contributed by atoms with E-state index in [1.807, 2.05) is 24.4 Å². The monoisotopic (exact) mass is 352 g/mol. The van der Waals surface area contributed by atoms with Crippen molar-refractivity contribution in [3.05, 3.63) is 59.1 Å². The molecule has 0 saturated carbocycles. The summed E-state index contributed by atoms with van der Waals surface area (Å²) in [4.78, 5) is 14.6. The van der Waals surface area contributed by atoms with Gasteiger partial charge in [-0.1, -0.05) is 23.7 Å². The summed E-state index contributed by atoms with van der Waals surface area (Å²) in [7, 11) is 0. The van der Waals surface area contributed by atoms with Crippen LogP contribution in [-0.2, 0) is 0 Å². The van der Waals surface area contributed by atoms with E-state index in [0.29, 0.717) is 6.04 Å². The Morgan fingerprint density at radius 2 is 2.08 bits per heavy atom. The Kier molecular flexibility index (Phi) is 4.00. The first kappa shape index (κ1) is 16.2. The van der Waals surface area contributed by atoms with Crippen LogP contribution < -0.4 is 4.90 Å². The average Bonchev–Trinajstić information content (AvgIpc) is 2.96. The maximum Gasteiger partial charge on any atom is 0.141 e. The van der Waals surface area contributed by atoms with Crippen LogP contribution in [0, 0.1) is 6.92 Å². The molecule has 5 heteroatoms. The predicted molar refractivity (Wildman–Crippen MR) is 104 cm³/mol. The molecule has 1 aliphatic heterocycles. The number of anilines is 1. The van der Waals surface area contributed by atoms with E-state index in [4.69, 9.17) is 11.6 Å². The third-order valence-corrected chi connectivity index (χ3v) is 5.18. The minimum atomic E-state index is 0.265. The fourth-order valence-electron chi connectivity index (χ4n) is 3.92. The molecule has 2 atom stereocenters. The van der Waals surface area contributed by atoms with Gasteiger partial charge in [-0.2, -0.15) is 0 Å². The minimum Gasteiger partial charge on any atom is -0.362 e. The lowest BCUT2D eigenvalue weighted by atomic mass is 9.92. The number of aromatic amines is 1. The number of hydrogen-bond donors (Lipinski definition) is 1. The van der Waals surface area contributed by atoms with Crippen molar-refractivity contribution < 1.29 is 0 Å². The topological polar surface area (TPSA) is 44.8 Å².